The second-order valence-electron chi connectivity index (χ2n) is 4.04. The van der Waals surface area contributed by atoms with Gasteiger partial charge in [0.1, 0.15) is 11.6 Å². The Morgan fingerprint density at radius 1 is 1.35 bits per heavy atom. The van der Waals surface area contributed by atoms with Crippen LogP contribution in [0.2, 0.25) is 5.02 Å². The van der Waals surface area contributed by atoms with E-state index < -0.39 is 5.82 Å². The third-order valence-corrected chi connectivity index (χ3v) is 2.88. The Bertz CT molecular complexity index is 555. The molecule has 0 unspecified atom stereocenters. The highest BCUT2D eigenvalue weighted by molar-refractivity contribution is 6.31. The standard InChI is InChI=1S/C13H14ClFN2/c1-3-4-16-13-8(2)5-9-6-10(14)11(15)7-12(9)17-13/h5-7H,3-4H2,1-2H3,(H,16,17). The summed E-state index contributed by atoms with van der Waals surface area (Å²) in [4.78, 5) is 4.40. The van der Waals surface area contributed by atoms with Crippen LogP contribution < -0.4 is 5.32 Å². The molecule has 0 fully saturated rings. The summed E-state index contributed by atoms with van der Waals surface area (Å²) in [7, 11) is 0. The summed E-state index contributed by atoms with van der Waals surface area (Å²) in [5, 5.41) is 4.21. The molecule has 1 N–H and O–H groups in total. The van der Waals surface area contributed by atoms with Crippen LogP contribution in [0.15, 0.2) is 18.2 Å². The number of halogens is 2. The monoisotopic (exact) mass is 252 g/mol. The van der Waals surface area contributed by atoms with Gasteiger partial charge in [-0.2, -0.15) is 0 Å². The average molecular weight is 253 g/mol. The Morgan fingerprint density at radius 3 is 2.82 bits per heavy atom. The maximum absolute atomic E-state index is 13.3. The van der Waals surface area contributed by atoms with Gasteiger partial charge in [-0.15, -0.1) is 0 Å². The predicted molar refractivity (Wildman–Crippen MR) is 70.2 cm³/mol. The number of benzene rings is 1. The Kier molecular flexibility index (Phi) is 3.48. The van der Waals surface area contributed by atoms with Gasteiger partial charge in [0.15, 0.2) is 0 Å². The van der Waals surface area contributed by atoms with Crippen LogP contribution in [0, 0.1) is 12.7 Å². The van der Waals surface area contributed by atoms with Crippen LogP contribution in [0.25, 0.3) is 10.9 Å². The van der Waals surface area contributed by atoms with Gasteiger partial charge in [-0.3, -0.25) is 0 Å². The predicted octanol–water partition coefficient (Wildman–Crippen LogP) is 4.16. The molecule has 90 valence electrons. The molecule has 1 aromatic carbocycles. The van der Waals surface area contributed by atoms with Crippen LogP contribution in [0.3, 0.4) is 0 Å². The van der Waals surface area contributed by atoms with Gasteiger partial charge in [-0.1, -0.05) is 18.5 Å². The largest absolute Gasteiger partial charge is 0.370 e. The van der Waals surface area contributed by atoms with Crippen molar-refractivity contribution in [2.75, 3.05) is 11.9 Å². The first-order valence-electron chi connectivity index (χ1n) is 5.62. The molecule has 0 aliphatic heterocycles. The van der Waals surface area contributed by atoms with Crippen molar-refractivity contribution in [3.05, 3.63) is 34.6 Å². The highest BCUT2D eigenvalue weighted by Crippen LogP contribution is 2.25. The fourth-order valence-electron chi connectivity index (χ4n) is 1.70. The van der Waals surface area contributed by atoms with Gasteiger partial charge < -0.3 is 5.32 Å². The lowest BCUT2D eigenvalue weighted by Crippen LogP contribution is -2.04. The van der Waals surface area contributed by atoms with E-state index in [9.17, 15) is 4.39 Å². The van der Waals surface area contributed by atoms with E-state index in [0.29, 0.717) is 5.52 Å². The lowest BCUT2D eigenvalue weighted by atomic mass is 10.1. The number of aryl methyl sites for hydroxylation is 1. The number of fused-ring (bicyclic) bond motifs is 1. The summed E-state index contributed by atoms with van der Waals surface area (Å²) in [5.74, 6) is 0.373. The van der Waals surface area contributed by atoms with E-state index in [1.807, 2.05) is 13.0 Å². The molecule has 2 nitrogen and oxygen atoms in total. The highest BCUT2D eigenvalue weighted by atomic mass is 35.5. The minimum absolute atomic E-state index is 0.132. The molecular formula is C13H14ClFN2. The van der Waals surface area contributed by atoms with Crippen molar-refractivity contribution in [1.29, 1.82) is 0 Å². The fraction of sp³-hybridized carbons (Fsp3) is 0.308. The first kappa shape index (κ1) is 12.1. The number of nitrogens with one attached hydrogen (secondary N) is 1. The van der Waals surface area contributed by atoms with Gasteiger partial charge in [-0.25, -0.2) is 9.37 Å². The Labute approximate surface area is 105 Å². The fourth-order valence-corrected chi connectivity index (χ4v) is 1.87. The van der Waals surface area contributed by atoms with E-state index >= 15 is 0 Å². The number of anilines is 1. The molecule has 0 aliphatic carbocycles. The van der Waals surface area contributed by atoms with Crippen molar-refractivity contribution in [2.45, 2.75) is 20.3 Å². The molecule has 1 heterocycles. The summed E-state index contributed by atoms with van der Waals surface area (Å²) in [5.41, 5.74) is 1.66. The van der Waals surface area contributed by atoms with Gasteiger partial charge in [0.05, 0.1) is 10.5 Å². The van der Waals surface area contributed by atoms with Crippen LogP contribution in [0.4, 0.5) is 10.2 Å². The molecule has 0 aliphatic rings. The normalized spacial score (nSPS) is 10.8. The molecule has 0 atom stereocenters. The molecular weight excluding hydrogens is 239 g/mol. The van der Waals surface area contributed by atoms with E-state index in [1.54, 1.807) is 6.07 Å². The number of aromatic nitrogens is 1. The average Bonchev–Trinajstić information content (AvgIpc) is 2.29. The minimum Gasteiger partial charge on any atom is -0.370 e. The topological polar surface area (TPSA) is 24.9 Å². The lowest BCUT2D eigenvalue weighted by Gasteiger charge is -2.09. The van der Waals surface area contributed by atoms with Crippen molar-refractivity contribution in [3.8, 4) is 0 Å². The Morgan fingerprint density at radius 2 is 2.12 bits per heavy atom. The summed E-state index contributed by atoms with van der Waals surface area (Å²) in [6.45, 7) is 4.92. The van der Waals surface area contributed by atoms with Gasteiger partial charge in [0.2, 0.25) is 0 Å². The van der Waals surface area contributed by atoms with Gasteiger partial charge in [0, 0.05) is 18.0 Å². The van der Waals surface area contributed by atoms with Crippen LogP contribution in [-0.2, 0) is 0 Å². The molecule has 0 bridgehead atoms. The Balaban J connectivity index is 2.51. The highest BCUT2D eigenvalue weighted by Gasteiger charge is 2.07. The summed E-state index contributed by atoms with van der Waals surface area (Å²) >= 11 is 5.74. The summed E-state index contributed by atoms with van der Waals surface area (Å²) in [6, 6.07) is 4.94. The minimum atomic E-state index is -0.433. The zero-order chi connectivity index (χ0) is 12.4. The number of hydrogen-bond acceptors (Lipinski definition) is 2. The molecule has 2 rings (SSSR count). The van der Waals surface area contributed by atoms with Crippen LogP contribution in [0.5, 0.6) is 0 Å². The van der Waals surface area contributed by atoms with Crippen molar-refractivity contribution in [1.82, 2.24) is 4.98 Å². The number of hydrogen-bond donors (Lipinski definition) is 1. The second-order valence-corrected chi connectivity index (χ2v) is 4.45. The van der Waals surface area contributed by atoms with Crippen LogP contribution >= 0.6 is 11.6 Å². The molecule has 1 aromatic heterocycles. The van der Waals surface area contributed by atoms with Gasteiger partial charge in [0.25, 0.3) is 0 Å². The summed E-state index contributed by atoms with van der Waals surface area (Å²) < 4.78 is 13.3. The molecule has 2 aromatic rings. The second kappa shape index (κ2) is 4.88. The lowest BCUT2D eigenvalue weighted by molar-refractivity contribution is 0.630. The molecule has 4 heteroatoms. The van der Waals surface area contributed by atoms with E-state index in [-0.39, 0.29) is 5.02 Å². The number of nitrogens with zero attached hydrogens (tertiary/aromatic N) is 1. The third kappa shape index (κ3) is 2.50. The van der Waals surface area contributed by atoms with Crippen molar-refractivity contribution >= 4 is 28.3 Å². The smallest absolute Gasteiger partial charge is 0.143 e. The zero-order valence-electron chi connectivity index (χ0n) is 9.85. The molecule has 0 spiro atoms. The van der Waals surface area contributed by atoms with Crippen molar-refractivity contribution < 1.29 is 4.39 Å². The van der Waals surface area contributed by atoms with E-state index in [1.165, 1.54) is 6.07 Å². The first-order valence-corrected chi connectivity index (χ1v) is 6.00. The maximum atomic E-state index is 13.3. The molecule has 0 radical (unpaired) electrons. The first-order chi connectivity index (χ1) is 8.11. The third-order valence-electron chi connectivity index (χ3n) is 2.59. The van der Waals surface area contributed by atoms with E-state index in [2.05, 4.69) is 17.2 Å². The van der Waals surface area contributed by atoms with Gasteiger partial charge in [-0.05, 0) is 31.0 Å². The quantitative estimate of drug-likeness (QED) is 0.887. The van der Waals surface area contributed by atoms with E-state index in [4.69, 9.17) is 11.6 Å². The van der Waals surface area contributed by atoms with Crippen molar-refractivity contribution in [3.63, 3.8) is 0 Å². The molecule has 17 heavy (non-hydrogen) atoms. The molecule has 0 amide bonds. The van der Waals surface area contributed by atoms with Crippen LogP contribution in [0.1, 0.15) is 18.9 Å². The van der Waals surface area contributed by atoms with Gasteiger partial charge >= 0.3 is 0 Å². The summed E-state index contributed by atoms with van der Waals surface area (Å²) in [6.07, 6.45) is 1.02. The molecule has 0 saturated carbocycles. The van der Waals surface area contributed by atoms with Crippen molar-refractivity contribution in [2.24, 2.45) is 0 Å². The van der Waals surface area contributed by atoms with Crippen LogP contribution in [-0.4, -0.2) is 11.5 Å². The zero-order valence-corrected chi connectivity index (χ0v) is 10.6. The number of rotatable bonds is 3. The van der Waals surface area contributed by atoms with E-state index in [0.717, 1.165) is 29.7 Å². The maximum Gasteiger partial charge on any atom is 0.143 e. The number of pyridine rings is 1. The Hall–Kier alpha value is -1.35. The SMILES string of the molecule is CCCNc1nc2cc(F)c(Cl)cc2cc1C. The molecule has 0 saturated heterocycles.